The second kappa shape index (κ2) is 11.2. The average molecular weight is 396 g/mol. The summed E-state index contributed by atoms with van der Waals surface area (Å²) in [5, 5.41) is 38.9. The van der Waals surface area contributed by atoms with E-state index in [4.69, 9.17) is 24.4 Å². The van der Waals surface area contributed by atoms with E-state index in [1.165, 1.54) is 0 Å². The van der Waals surface area contributed by atoms with Crippen LogP contribution in [0.5, 0.6) is 0 Å². The minimum atomic E-state index is -5.39. The normalized spacial score (nSPS) is 10.0. The monoisotopic (exact) mass is 396 g/mol. The van der Waals surface area contributed by atoms with Gasteiger partial charge in [0, 0.05) is 24.8 Å². The van der Waals surface area contributed by atoms with Crippen LogP contribution in [0.4, 0.5) is 0 Å². The molecule has 0 aliphatic carbocycles. The van der Waals surface area contributed by atoms with Gasteiger partial charge in [0.1, 0.15) is 5.60 Å². The summed E-state index contributed by atoms with van der Waals surface area (Å²) in [6, 6.07) is 0. The smallest absolute Gasteiger partial charge is 0.822 e. The molecule has 0 aliphatic heterocycles. The van der Waals surface area contributed by atoms with E-state index in [1.54, 1.807) is 0 Å². The van der Waals surface area contributed by atoms with Crippen LogP contribution in [0.25, 0.3) is 0 Å². The fourth-order valence-corrected chi connectivity index (χ4v) is 0.684. The molecule has 0 rings (SSSR count). The number of phosphoric acid groups is 1. The molecule has 0 aromatic heterocycles. The van der Waals surface area contributed by atoms with Gasteiger partial charge in [-0.15, -0.1) is 0 Å². The van der Waals surface area contributed by atoms with Crippen molar-refractivity contribution < 1.29 is 88.2 Å². The van der Waals surface area contributed by atoms with Crippen LogP contribution in [-0.2, 0) is 53.1 Å². The largest absolute Gasteiger partial charge is 3.00 e. The van der Waals surface area contributed by atoms with Crippen molar-refractivity contribution >= 4 is 25.7 Å². The molecular formula is C6H5Fe2O11P. The van der Waals surface area contributed by atoms with Crippen LogP contribution in [-0.4, -0.2) is 28.6 Å². The molecule has 116 valence electrons. The zero-order valence-electron chi connectivity index (χ0n) is 9.10. The van der Waals surface area contributed by atoms with E-state index in [1.807, 2.05) is 0 Å². The van der Waals surface area contributed by atoms with Gasteiger partial charge in [0.2, 0.25) is 0 Å². The van der Waals surface area contributed by atoms with Crippen LogP contribution in [0, 0.1) is 0 Å². The van der Waals surface area contributed by atoms with Gasteiger partial charge in [-0.2, -0.15) is 7.82 Å². The maximum atomic E-state index is 10.1. The van der Waals surface area contributed by atoms with Crippen LogP contribution in [0.3, 0.4) is 0 Å². The van der Waals surface area contributed by atoms with Crippen LogP contribution >= 0.6 is 7.82 Å². The number of hydrogen-bond donors (Lipinski definition) is 1. The molecule has 11 nitrogen and oxygen atoms in total. The van der Waals surface area contributed by atoms with E-state index in [-0.39, 0.29) is 34.1 Å². The average Bonchev–Trinajstić information content (AvgIpc) is 1.95. The molecule has 1 N–H and O–H groups in total. The van der Waals surface area contributed by atoms with Gasteiger partial charge >= 0.3 is 34.1 Å². The van der Waals surface area contributed by atoms with E-state index in [9.17, 15) is 29.7 Å². The Balaban J connectivity index is -0.000000158. The molecule has 0 aromatic rings. The maximum Gasteiger partial charge on any atom is 3.00 e. The standard InChI is InChI=1S/C6H8O7.2Fe.H3O4P/c7-3(8)1-6(13,5(11)12)2-4(9)10;;;1-5(2,3)4/h13H,1-2H2,(H,7,8)(H,9,10)(H,11,12);;;(H3,1,2,3,4)/q;2*+3;/p-6. The Morgan fingerprint density at radius 2 is 1.10 bits per heavy atom. The molecule has 0 fully saturated rings. The van der Waals surface area contributed by atoms with E-state index in [0.717, 1.165) is 0 Å². The number of carbonyl (C=O) groups is 3. The third-order valence-electron chi connectivity index (χ3n) is 1.25. The quantitative estimate of drug-likeness (QED) is 0.339. The van der Waals surface area contributed by atoms with Gasteiger partial charge < -0.3 is 54.1 Å². The summed E-state index contributed by atoms with van der Waals surface area (Å²) >= 11 is 0. The molecule has 0 bridgehead atoms. The van der Waals surface area contributed by atoms with Crippen LogP contribution in [0.15, 0.2) is 0 Å². The Kier molecular flexibility index (Phi) is 15.6. The molecule has 0 aliphatic rings. The Bertz CT molecular complexity index is 353. The van der Waals surface area contributed by atoms with E-state index < -0.39 is 44.2 Å². The van der Waals surface area contributed by atoms with Crippen LogP contribution in [0.1, 0.15) is 12.8 Å². The van der Waals surface area contributed by atoms with E-state index in [0.29, 0.717) is 0 Å². The van der Waals surface area contributed by atoms with Crippen molar-refractivity contribution in [1.82, 2.24) is 0 Å². The van der Waals surface area contributed by atoms with Crippen molar-refractivity contribution in [2.75, 3.05) is 0 Å². The third-order valence-corrected chi connectivity index (χ3v) is 1.25. The number of carbonyl (C=O) groups excluding carboxylic acids is 3. The minimum absolute atomic E-state index is 0. The summed E-state index contributed by atoms with van der Waals surface area (Å²) < 4.78 is 8.55. The molecular weight excluding hydrogens is 391 g/mol. The topological polar surface area (TPSA) is 227 Å². The second-order valence-electron chi connectivity index (χ2n) is 2.86. The third kappa shape index (κ3) is 19.8. The zero-order valence-corrected chi connectivity index (χ0v) is 12.2. The molecule has 0 saturated heterocycles. The van der Waals surface area contributed by atoms with Gasteiger partial charge in [0.05, 0.1) is 5.97 Å². The van der Waals surface area contributed by atoms with Crippen molar-refractivity contribution in [2.24, 2.45) is 0 Å². The molecule has 0 saturated carbocycles. The molecule has 0 spiro atoms. The van der Waals surface area contributed by atoms with Crippen molar-refractivity contribution in [2.45, 2.75) is 18.4 Å². The summed E-state index contributed by atoms with van der Waals surface area (Å²) in [7, 11) is -5.39. The van der Waals surface area contributed by atoms with Gasteiger partial charge in [0.15, 0.2) is 0 Å². The predicted octanol–water partition coefficient (Wildman–Crippen LogP) is -8.08. The summed E-state index contributed by atoms with van der Waals surface area (Å²) in [4.78, 5) is 55.6. The Morgan fingerprint density at radius 1 is 0.900 bits per heavy atom. The number of carboxylic acids is 3. The van der Waals surface area contributed by atoms with Gasteiger partial charge in [-0.05, 0) is 0 Å². The first-order valence-corrected chi connectivity index (χ1v) is 5.30. The SMILES string of the molecule is O=C([O-])CC(O)(CC(=O)[O-])C(=O)[O-].O=P([O-])([O-])[O-].[Fe+3].[Fe+3]. The van der Waals surface area contributed by atoms with Crippen molar-refractivity contribution in [3.8, 4) is 0 Å². The summed E-state index contributed by atoms with van der Waals surface area (Å²) in [6.45, 7) is 0. The summed E-state index contributed by atoms with van der Waals surface area (Å²) in [6.07, 6.45) is -2.72. The number of carboxylic acid groups (broad SMARTS) is 3. The molecule has 14 heteroatoms. The summed E-state index contributed by atoms with van der Waals surface area (Å²) in [5.74, 6) is -5.98. The van der Waals surface area contributed by atoms with Crippen molar-refractivity contribution in [1.29, 1.82) is 0 Å². The van der Waals surface area contributed by atoms with Crippen molar-refractivity contribution in [3.05, 3.63) is 0 Å². The number of hydrogen-bond acceptors (Lipinski definition) is 11. The van der Waals surface area contributed by atoms with Gasteiger partial charge in [0.25, 0.3) is 0 Å². The fourth-order valence-electron chi connectivity index (χ4n) is 0.684. The maximum absolute atomic E-state index is 10.1. The Labute approximate surface area is 132 Å². The molecule has 0 atom stereocenters. The molecule has 2 radical (unpaired) electrons. The second-order valence-corrected chi connectivity index (χ2v) is 3.76. The number of rotatable bonds is 5. The van der Waals surface area contributed by atoms with E-state index in [2.05, 4.69) is 0 Å². The minimum Gasteiger partial charge on any atom is -0.822 e. The van der Waals surface area contributed by atoms with Gasteiger partial charge in [-0.1, -0.05) is 0 Å². The van der Waals surface area contributed by atoms with Crippen molar-refractivity contribution in [3.63, 3.8) is 0 Å². The molecule has 0 amide bonds. The number of aliphatic hydroxyl groups is 1. The molecule has 0 unspecified atom stereocenters. The van der Waals surface area contributed by atoms with Gasteiger partial charge in [-0.25, -0.2) is 0 Å². The van der Waals surface area contributed by atoms with Crippen LogP contribution < -0.4 is 30.0 Å². The van der Waals surface area contributed by atoms with Crippen LogP contribution in [0.2, 0.25) is 0 Å². The molecule has 0 aromatic carbocycles. The first-order valence-electron chi connectivity index (χ1n) is 3.84. The van der Waals surface area contributed by atoms with E-state index >= 15 is 0 Å². The zero-order chi connectivity index (χ0) is 15.1. The Morgan fingerprint density at radius 3 is 1.20 bits per heavy atom. The fraction of sp³-hybridized carbons (Fsp3) is 0.500. The predicted molar refractivity (Wildman–Crippen MR) is 36.8 cm³/mol. The number of aliphatic carboxylic acids is 3. The molecule has 0 heterocycles. The first-order chi connectivity index (χ1) is 7.78. The Hall–Kier alpha value is -0.481. The molecule has 20 heavy (non-hydrogen) atoms. The first kappa shape index (κ1) is 27.8. The summed E-state index contributed by atoms with van der Waals surface area (Å²) in [5.41, 5.74) is -2.97. The van der Waals surface area contributed by atoms with Gasteiger partial charge in [-0.3, -0.25) is 0 Å².